The third kappa shape index (κ3) is 6.63. The van der Waals surface area contributed by atoms with Gasteiger partial charge in [-0.2, -0.15) is 0 Å². The Labute approximate surface area is 273 Å². The molecule has 12 nitrogen and oxygen atoms in total. The molecule has 1 aromatic heterocycles. The summed E-state index contributed by atoms with van der Waals surface area (Å²) in [6.07, 6.45) is 3.24. The normalized spacial score (nSPS) is 33.2. The number of rotatable bonds is 11. The maximum absolute atomic E-state index is 12.6. The average Bonchev–Trinajstić information content (AvgIpc) is 3.23. The lowest BCUT2D eigenvalue weighted by molar-refractivity contribution is -0.577. The summed E-state index contributed by atoms with van der Waals surface area (Å²) < 4.78 is 25.0. The Hall–Kier alpha value is -2.81. The van der Waals surface area contributed by atoms with E-state index >= 15 is 0 Å². The van der Waals surface area contributed by atoms with Crippen LogP contribution in [0.15, 0.2) is 29.4 Å². The molecule has 1 aromatic carbocycles. The molecule has 13 heteroatoms. The Morgan fingerprint density at radius 1 is 1.07 bits per heavy atom. The standard InChI is InChI=1S/C33H43N3O9S/c1-18-7-10-25-21(4)29(42-30-33(25)24(18)11-12-32(5,43-30)44-45-33)41-14-6-13-40-26-16-22(8-9-23(26)28(38)39)36-27(37)17-46-31-34-19(2)15-20(3)35-31/h8-9,15-16,18,21,24-25,29-30H,6-7,10-14,17H2,1-5H3,(H,36,37)(H,38,39)/t18-,21-,24?,25+,29+,30-,32-,33-/m1/s1. The summed E-state index contributed by atoms with van der Waals surface area (Å²) in [5, 5.41) is 13.0. The first-order valence-corrected chi connectivity index (χ1v) is 17.0. The van der Waals surface area contributed by atoms with Gasteiger partial charge in [0.15, 0.2) is 23.3 Å². The molecule has 2 bridgehead atoms. The fraction of sp³-hybridized carbons (Fsp3) is 0.636. The molecule has 4 aliphatic heterocycles. The van der Waals surface area contributed by atoms with Gasteiger partial charge in [-0.05, 0) is 70.1 Å². The average molecular weight is 658 g/mol. The van der Waals surface area contributed by atoms with Crippen molar-refractivity contribution in [2.75, 3.05) is 24.3 Å². The molecule has 1 saturated carbocycles. The lowest BCUT2D eigenvalue weighted by Crippen LogP contribution is -2.70. The molecule has 8 atom stereocenters. The van der Waals surface area contributed by atoms with Crippen molar-refractivity contribution in [1.82, 2.24) is 9.97 Å². The van der Waals surface area contributed by atoms with Crippen molar-refractivity contribution in [3.8, 4) is 5.75 Å². The van der Waals surface area contributed by atoms with Gasteiger partial charge in [0.2, 0.25) is 11.7 Å². The number of thioether (sulfide) groups is 1. The van der Waals surface area contributed by atoms with Gasteiger partial charge in [-0.15, -0.1) is 0 Å². The Morgan fingerprint density at radius 3 is 2.61 bits per heavy atom. The molecule has 1 unspecified atom stereocenters. The Morgan fingerprint density at radius 2 is 1.85 bits per heavy atom. The molecule has 2 aromatic rings. The topological polar surface area (TPSA) is 148 Å². The molecule has 5 heterocycles. The first kappa shape index (κ1) is 33.1. The SMILES string of the molecule is Cc1cc(C)nc(SCC(=O)Nc2ccc(C(=O)O)c(OCCCO[C@H]3O[C@@H]4O[C@@]5(C)CCC6[C@H](C)CC[C@@H]([C@H]3C)[C@]64OO5)c2)n1. The minimum absolute atomic E-state index is 0.00354. The van der Waals surface area contributed by atoms with Gasteiger partial charge in [-0.1, -0.05) is 25.6 Å². The maximum Gasteiger partial charge on any atom is 0.339 e. The summed E-state index contributed by atoms with van der Waals surface area (Å²) in [6.45, 7) is 10.6. The van der Waals surface area contributed by atoms with Crippen LogP contribution in [0.3, 0.4) is 0 Å². The van der Waals surface area contributed by atoms with Crippen LogP contribution in [0.1, 0.15) is 74.6 Å². The lowest BCUT2D eigenvalue weighted by Gasteiger charge is -2.60. The van der Waals surface area contributed by atoms with Crippen molar-refractivity contribution in [3.63, 3.8) is 0 Å². The lowest BCUT2D eigenvalue weighted by atomic mass is 9.58. The summed E-state index contributed by atoms with van der Waals surface area (Å²) in [4.78, 5) is 45.2. The first-order chi connectivity index (χ1) is 22.0. The van der Waals surface area contributed by atoms with E-state index in [9.17, 15) is 14.7 Å². The number of hydrogen-bond donors (Lipinski definition) is 2. The second-order valence-corrected chi connectivity index (χ2v) is 14.1. The second-order valence-electron chi connectivity index (χ2n) is 13.1. The highest BCUT2D eigenvalue weighted by Crippen LogP contribution is 2.60. The van der Waals surface area contributed by atoms with Gasteiger partial charge in [-0.25, -0.2) is 24.5 Å². The number of nitrogens with one attached hydrogen (secondary N) is 1. The van der Waals surface area contributed by atoms with Gasteiger partial charge in [0.05, 0.1) is 19.0 Å². The van der Waals surface area contributed by atoms with Gasteiger partial charge in [0, 0.05) is 47.8 Å². The Balaban J connectivity index is 1.03. The van der Waals surface area contributed by atoms with Crippen molar-refractivity contribution in [2.45, 2.75) is 95.8 Å². The first-order valence-electron chi connectivity index (χ1n) is 16.0. The number of carboxylic acid groups (broad SMARTS) is 1. The molecular formula is C33H43N3O9S. The van der Waals surface area contributed by atoms with Crippen LogP contribution in [-0.4, -0.2) is 69.9 Å². The van der Waals surface area contributed by atoms with Gasteiger partial charge in [0.1, 0.15) is 11.3 Å². The molecule has 250 valence electrons. The van der Waals surface area contributed by atoms with Crippen LogP contribution in [0.25, 0.3) is 0 Å². The largest absolute Gasteiger partial charge is 0.493 e. The van der Waals surface area contributed by atoms with E-state index in [0.717, 1.165) is 37.1 Å². The predicted molar refractivity (Wildman–Crippen MR) is 167 cm³/mol. The van der Waals surface area contributed by atoms with Crippen molar-refractivity contribution in [2.24, 2.45) is 23.7 Å². The fourth-order valence-corrected chi connectivity index (χ4v) is 8.23. The van der Waals surface area contributed by atoms with Gasteiger partial charge < -0.3 is 29.4 Å². The number of benzene rings is 1. The quantitative estimate of drug-likeness (QED) is 0.136. The zero-order chi connectivity index (χ0) is 32.6. The summed E-state index contributed by atoms with van der Waals surface area (Å²) in [6, 6.07) is 6.35. The predicted octanol–water partition coefficient (Wildman–Crippen LogP) is 5.52. The van der Waals surface area contributed by atoms with Gasteiger partial charge in [0.25, 0.3) is 0 Å². The number of anilines is 1. The van der Waals surface area contributed by atoms with E-state index in [0.29, 0.717) is 29.8 Å². The third-order valence-corrected chi connectivity index (χ3v) is 10.6. The van der Waals surface area contributed by atoms with Gasteiger partial charge in [-0.3, -0.25) is 4.79 Å². The summed E-state index contributed by atoms with van der Waals surface area (Å²) >= 11 is 1.23. The van der Waals surface area contributed by atoms with Crippen molar-refractivity contribution < 1.29 is 43.4 Å². The monoisotopic (exact) mass is 657 g/mol. The number of carbonyl (C=O) groups is 2. The number of hydrogen-bond acceptors (Lipinski definition) is 11. The van der Waals surface area contributed by atoms with Crippen LogP contribution in [0.4, 0.5) is 5.69 Å². The molecule has 1 aliphatic carbocycles. The summed E-state index contributed by atoms with van der Waals surface area (Å²) in [7, 11) is 0. The number of aryl methyl sites for hydroxylation is 2. The molecule has 2 N–H and O–H groups in total. The molecule has 4 saturated heterocycles. The molecule has 1 amide bonds. The zero-order valence-electron chi connectivity index (χ0n) is 26.9. The zero-order valence-corrected chi connectivity index (χ0v) is 27.8. The number of amides is 1. The molecule has 5 aliphatic rings. The van der Waals surface area contributed by atoms with Crippen LogP contribution in [0, 0.1) is 37.5 Å². The Kier molecular flexibility index (Phi) is 9.62. The molecule has 5 fully saturated rings. The van der Waals surface area contributed by atoms with E-state index in [-0.39, 0.29) is 47.3 Å². The molecule has 7 rings (SSSR count). The summed E-state index contributed by atoms with van der Waals surface area (Å²) in [5.74, 6) is -0.987. The van der Waals surface area contributed by atoms with E-state index in [1.807, 2.05) is 26.8 Å². The highest BCUT2D eigenvalue weighted by atomic mass is 32.2. The Bertz CT molecular complexity index is 1440. The molecular weight excluding hydrogens is 614 g/mol. The fourth-order valence-electron chi connectivity index (χ4n) is 7.48. The molecule has 1 spiro atoms. The van der Waals surface area contributed by atoms with Crippen molar-refractivity contribution >= 4 is 29.3 Å². The van der Waals surface area contributed by atoms with E-state index < -0.39 is 29.9 Å². The number of nitrogens with zero attached hydrogens (tertiary/aromatic N) is 2. The third-order valence-electron chi connectivity index (χ3n) is 9.72. The van der Waals surface area contributed by atoms with Crippen LogP contribution in [0.5, 0.6) is 5.75 Å². The number of fused-ring (bicyclic) bond motifs is 2. The number of carbonyl (C=O) groups excluding carboxylic acids is 1. The second kappa shape index (κ2) is 13.4. The number of aromatic nitrogens is 2. The van der Waals surface area contributed by atoms with E-state index in [2.05, 4.69) is 29.1 Å². The highest BCUT2D eigenvalue weighted by Gasteiger charge is 2.69. The minimum atomic E-state index is -1.12. The van der Waals surface area contributed by atoms with Crippen LogP contribution >= 0.6 is 11.8 Å². The maximum atomic E-state index is 12.6. The minimum Gasteiger partial charge on any atom is -0.493 e. The summed E-state index contributed by atoms with van der Waals surface area (Å²) in [5.41, 5.74) is 1.45. The van der Waals surface area contributed by atoms with E-state index in [4.69, 9.17) is 28.7 Å². The number of aromatic carboxylic acids is 1. The smallest absolute Gasteiger partial charge is 0.339 e. The molecule has 46 heavy (non-hydrogen) atoms. The highest BCUT2D eigenvalue weighted by molar-refractivity contribution is 7.99. The van der Waals surface area contributed by atoms with Crippen LogP contribution in [-0.2, 0) is 28.8 Å². The number of ether oxygens (including phenoxy) is 4. The number of carboxylic acids is 1. The van der Waals surface area contributed by atoms with E-state index in [1.165, 1.54) is 30.0 Å². The van der Waals surface area contributed by atoms with Crippen LogP contribution in [0.2, 0.25) is 0 Å². The van der Waals surface area contributed by atoms with Crippen molar-refractivity contribution in [1.29, 1.82) is 0 Å². The van der Waals surface area contributed by atoms with Gasteiger partial charge >= 0.3 is 5.97 Å². The van der Waals surface area contributed by atoms with Crippen molar-refractivity contribution in [3.05, 3.63) is 41.2 Å². The van der Waals surface area contributed by atoms with Crippen LogP contribution < -0.4 is 10.1 Å². The van der Waals surface area contributed by atoms with E-state index in [1.54, 1.807) is 0 Å². The molecule has 0 radical (unpaired) electrons.